The topological polar surface area (TPSA) is 111 Å². The van der Waals surface area contributed by atoms with Crippen molar-refractivity contribution in [1.82, 2.24) is 15.2 Å². The standard InChI is InChI=1S/C22H16N4O4S/c1-12-16-8-13(2-3-17(16)23-21(12)28)18(27)11-31-22-24-19(14-4-6-29-9-14)20(25-26-22)15-5-7-30-10-15/h2-10,12H,11H2,1H3,(H,23,28)/t12-/m0/s1. The van der Waals surface area contributed by atoms with Crippen LogP contribution in [0.15, 0.2) is 69.4 Å². The van der Waals surface area contributed by atoms with Crippen molar-refractivity contribution < 1.29 is 18.4 Å². The Hall–Kier alpha value is -3.72. The number of anilines is 1. The SMILES string of the molecule is C[C@@H]1C(=O)Nc2ccc(C(=O)CSc3nnc(-c4ccoc4)c(-c4ccoc4)n3)cc21. The van der Waals surface area contributed by atoms with Crippen LogP contribution in [0, 0.1) is 0 Å². The van der Waals surface area contributed by atoms with Crippen molar-refractivity contribution in [3.8, 4) is 22.5 Å². The van der Waals surface area contributed by atoms with Crippen LogP contribution in [0.25, 0.3) is 22.5 Å². The number of nitrogens with zero attached hydrogens (tertiary/aromatic N) is 3. The third kappa shape index (κ3) is 3.64. The number of carbonyl (C=O) groups excluding carboxylic acids is 2. The molecule has 0 unspecified atom stereocenters. The number of nitrogens with one attached hydrogen (secondary N) is 1. The highest BCUT2D eigenvalue weighted by Crippen LogP contribution is 2.33. The van der Waals surface area contributed by atoms with E-state index < -0.39 is 0 Å². The average Bonchev–Trinajstić information content (AvgIpc) is 3.55. The fraction of sp³-hybridized carbons (Fsp3) is 0.136. The lowest BCUT2D eigenvalue weighted by molar-refractivity contribution is -0.116. The summed E-state index contributed by atoms with van der Waals surface area (Å²) in [6.45, 7) is 1.82. The van der Waals surface area contributed by atoms with Crippen LogP contribution in [-0.4, -0.2) is 32.6 Å². The van der Waals surface area contributed by atoms with Crippen molar-refractivity contribution in [3.05, 3.63) is 66.5 Å². The van der Waals surface area contributed by atoms with Gasteiger partial charge in [0.15, 0.2) is 5.78 Å². The Kier molecular flexibility index (Phi) is 4.87. The summed E-state index contributed by atoms with van der Waals surface area (Å²) in [7, 11) is 0. The molecule has 0 bridgehead atoms. The molecule has 0 saturated carbocycles. The Balaban J connectivity index is 1.37. The van der Waals surface area contributed by atoms with E-state index in [1.54, 1.807) is 55.4 Å². The van der Waals surface area contributed by atoms with Gasteiger partial charge in [-0.2, -0.15) is 0 Å². The molecule has 0 aliphatic carbocycles. The van der Waals surface area contributed by atoms with E-state index in [2.05, 4.69) is 20.5 Å². The number of aromatic nitrogens is 3. The fourth-order valence-electron chi connectivity index (χ4n) is 3.37. The van der Waals surface area contributed by atoms with E-state index >= 15 is 0 Å². The van der Waals surface area contributed by atoms with Gasteiger partial charge >= 0.3 is 0 Å². The number of hydrogen-bond donors (Lipinski definition) is 1. The number of benzene rings is 1. The summed E-state index contributed by atoms with van der Waals surface area (Å²) >= 11 is 1.20. The number of fused-ring (bicyclic) bond motifs is 1. The third-order valence-electron chi connectivity index (χ3n) is 5.08. The minimum atomic E-state index is -0.268. The number of Topliss-reactive ketones (excluding diaryl/α,β-unsaturated/α-hetero) is 1. The van der Waals surface area contributed by atoms with Gasteiger partial charge in [-0.15, -0.1) is 10.2 Å². The molecule has 1 N–H and O–H groups in total. The van der Waals surface area contributed by atoms with Crippen LogP contribution in [0.2, 0.25) is 0 Å². The molecule has 1 atom stereocenters. The molecule has 4 heterocycles. The molecule has 1 amide bonds. The van der Waals surface area contributed by atoms with Gasteiger partial charge in [0.1, 0.15) is 11.4 Å². The molecule has 154 valence electrons. The van der Waals surface area contributed by atoms with E-state index in [9.17, 15) is 9.59 Å². The predicted molar refractivity (Wildman–Crippen MR) is 114 cm³/mol. The minimum absolute atomic E-state index is 0.0575. The maximum absolute atomic E-state index is 12.7. The molecule has 0 spiro atoms. The third-order valence-corrected chi connectivity index (χ3v) is 5.92. The number of ketones is 1. The Bertz CT molecular complexity index is 1270. The van der Waals surface area contributed by atoms with Crippen molar-refractivity contribution >= 4 is 29.1 Å². The Labute approximate surface area is 181 Å². The zero-order valence-corrected chi connectivity index (χ0v) is 17.2. The highest BCUT2D eigenvalue weighted by molar-refractivity contribution is 7.99. The summed E-state index contributed by atoms with van der Waals surface area (Å²) in [5.74, 6) is -0.257. The summed E-state index contributed by atoms with van der Waals surface area (Å²) in [5.41, 5.74) is 4.81. The molecule has 31 heavy (non-hydrogen) atoms. The lowest BCUT2D eigenvalue weighted by Crippen LogP contribution is -2.08. The second kappa shape index (κ2) is 7.84. The largest absolute Gasteiger partial charge is 0.472 e. The minimum Gasteiger partial charge on any atom is -0.472 e. The molecule has 1 aromatic carbocycles. The van der Waals surface area contributed by atoms with Crippen molar-refractivity contribution in [2.24, 2.45) is 0 Å². The van der Waals surface area contributed by atoms with Gasteiger partial charge in [0.05, 0.1) is 36.7 Å². The van der Waals surface area contributed by atoms with Gasteiger partial charge in [-0.05, 0) is 42.8 Å². The normalized spacial score (nSPS) is 15.0. The molecule has 1 aliphatic heterocycles. The summed E-state index contributed by atoms with van der Waals surface area (Å²) in [6, 6.07) is 8.83. The molecular formula is C22H16N4O4S. The number of furan rings is 2. The number of rotatable bonds is 6. The summed E-state index contributed by atoms with van der Waals surface area (Å²) in [4.78, 5) is 29.2. The number of thioether (sulfide) groups is 1. The van der Waals surface area contributed by atoms with Crippen molar-refractivity contribution in [1.29, 1.82) is 0 Å². The van der Waals surface area contributed by atoms with Crippen LogP contribution >= 0.6 is 11.8 Å². The molecular weight excluding hydrogens is 416 g/mol. The summed E-state index contributed by atoms with van der Waals surface area (Å²) < 4.78 is 10.3. The Morgan fingerprint density at radius 3 is 2.52 bits per heavy atom. The maximum Gasteiger partial charge on any atom is 0.231 e. The Morgan fingerprint density at radius 1 is 1.06 bits per heavy atom. The van der Waals surface area contributed by atoms with E-state index in [0.717, 1.165) is 22.4 Å². The first kappa shape index (κ1) is 19.3. The van der Waals surface area contributed by atoms with Crippen LogP contribution in [0.5, 0.6) is 0 Å². The molecule has 4 aromatic rings. The maximum atomic E-state index is 12.7. The van der Waals surface area contributed by atoms with Gasteiger partial charge in [0.25, 0.3) is 0 Å². The molecule has 8 nitrogen and oxygen atoms in total. The highest BCUT2D eigenvalue weighted by atomic mass is 32.2. The first-order valence-corrected chi connectivity index (χ1v) is 10.5. The first-order chi connectivity index (χ1) is 15.1. The number of amides is 1. The van der Waals surface area contributed by atoms with Crippen molar-refractivity contribution in [2.75, 3.05) is 11.1 Å². The van der Waals surface area contributed by atoms with Crippen LogP contribution in [0.4, 0.5) is 5.69 Å². The van der Waals surface area contributed by atoms with Crippen molar-refractivity contribution in [3.63, 3.8) is 0 Å². The van der Waals surface area contributed by atoms with Gasteiger partial charge in [0, 0.05) is 22.4 Å². The smallest absolute Gasteiger partial charge is 0.231 e. The molecule has 3 aromatic heterocycles. The number of hydrogen-bond acceptors (Lipinski definition) is 8. The van der Waals surface area contributed by atoms with E-state index in [-0.39, 0.29) is 23.4 Å². The molecule has 1 aliphatic rings. The Morgan fingerprint density at radius 2 is 1.81 bits per heavy atom. The fourth-order valence-corrected chi connectivity index (χ4v) is 4.05. The lowest BCUT2D eigenvalue weighted by atomic mass is 9.99. The summed E-state index contributed by atoms with van der Waals surface area (Å²) in [6.07, 6.45) is 6.26. The molecule has 0 fully saturated rings. The summed E-state index contributed by atoms with van der Waals surface area (Å²) in [5, 5.41) is 11.7. The van der Waals surface area contributed by atoms with E-state index in [1.807, 2.05) is 6.92 Å². The van der Waals surface area contributed by atoms with Crippen molar-refractivity contribution in [2.45, 2.75) is 18.0 Å². The molecule has 0 saturated heterocycles. The molecule has 0 radical (unpaired) electrons. The zero-order chi connectivity index (χ0) is 21.4. The van der Waals surface area contributed by atoms with Crippen LogP contribution in [0.1, 0.15) is 28.8 Å². The van der Waals surface area contributed by atoms with Gasteiger partial charge in [-0.25, -0.2) is 4.98 Å². The second-order valence-electron chi connectivity index (χ2n) is 7.04. The average molecular weight is 432 g/mol. The van der Waals surface area contributed by atoms with Gasteiger partial charge in [0.2, 0.25) is 11.1 Å². The van der Waals surface area contributed by atoms with Gasteiger partial charge < -0.3 is 14.2 Å². The van der Waals surface area contributed by atoms with Crippen LogP contribution in [0.3, 0.4) is 0 Å². The van der Waals surface area contributed by atoms with E-state index in [0.29, 0.717) is 22.1 Å². The quantitative estimate of drug-likeness (QED) is 0.352. The monoisotopic (exact) mass is 432 g/mol. The zero-order valence-electron chi connectivity index (χ0n) is 16.4. The predicted octanol–water partition coefficient (Wildman–Crippen LogP) is 4.42. The van der Waals surface area contributed by atoms with Gasteiger partial charge in [-0.3, -0.25) is 9.59 Å². The number of carbonyl (C=O) groups is 2. The van der Waals surface area contributed by atoms with Gasteiger partial charge in [-0.1, -0.05) is 11.8 Å². The lowest BCUT2D eigenvalue weighted by Gasteiger charge is -2.07. The van der Waals surface area contributed by atoms with Crippen LogP contribution < -0.4 is 5.32 Å². The molecule has 5 rings (SSSR count). The van der Waals surface area contributed by atoms with Crippen LogP contribution in [-0.2, 0) is 4.79 Å². The molecule has 9 heteroatoms. The second-order valence-corrected chi connectivity index (χ2v) is 7.98. The first-order valence-electron chi connectivity index (χ1n) is 9.51. The van der Waals surface area contributed by atoms with E-state index in [4.69, 9.17) is 8.83 Å². The highest BCUT2D eigenvalue weighted by Gasteiger charge is 2.27. The van der Waals surface area contributed by atoms with E-state index in [1.165, 1.54) is 11.8 Å².